The maximum Gasteiger partial charge on any atom is 0.303 e. The van der Waals surface area contributed by atoms with Gasteiger partial charge in [0, 0.05) is 33.3 Å². The summed E-state index contributed by atoms with van der Waals surface area (Å²) in [6, 6.07) is 8.30. The van der Waals surface area contributed by atoms with Gasteiger partial charge in [0.2, 0.25) is 5.12 Å². The first-order valence-electron chi connectivity index (χ1n) is 9.65. The van der Waals surface area contributed by atoms with Crippen molar-refractivity contribution in [1.82, 2.24) is 0 Å². The summed E-state index contributed by atoms with van der Waals surface area (Å²) in [5, 5.41) is -0.397. The van der Waals surface area contributed by atoms with Gasteiger partial charge in [-0.1, -0.05) is 30.3 Å². The zero-order chi connectivity index (χ0) is 23.8. The molecular weight excluding hydrogens is 444 g/mol. The number of hydrogen-bond donors (Lipinski definition) is 0. The van der Waals surface area contributed by atoms with Gasteiger partial charge in [-0.15, -0.1) is 0 Å². The van der Waals surface area contributed by atoms with Crippen molar-refractivity contribution in [1.29, 1.82) is 0 Å². The molecule has 0 bridgehead atoms. The number of hydrogen-bond acceptors (Lipinski definition) is 11. The van der Waals surface area contributed by atoms with Crippen LogP contribution < -0.4 is 0 Å². The summed E-state index contributed by atoms with van der Waals surface area (Å²) in [5.41, 5.74) is -0.784. The molecule has 0 N–H and O–H groups in total. The number of carbonyl (C=O) groups excluding carboxylic acids is 5. The predicted octanol–water partition coefficient (Wildman–Crippen LogP) is 1.64. The molecule has 174 valence electrons. The lowest BCUT2D eigenvalue weighted by molar-refractivity contribution is -0.237. The van der Waals surface area contributed by atoms with E-state index in [0.717, 1.165) is 20.8 Å². The SMILES string of the molecule is CC(=O)OC[C@@H]1O[C@@H](SC(=O)c2ccccc2)[C@@H](OC(C)=O)[C@@H](OC(C)=O)[C@H]1OC(C)=O. The van der Waals surface area contributed by atoms with E-state index in [0.29, 0.717) is 17.3 Å². The van der Waals surface area contributed by atoms with Crippen molar-refractivity contribution in [2.24, 2.45) is 0 Å². The van der Waals surface area contributed by atoms with Crippen molar-refractivity contribution in [3.8, 4) is 0 Å². The Bertz CT molecular complexity index is 855. The van der Waals surface area contributed by atoms with E-state index in [4.69, 9.17) is 23.7 Å². The number of carbonyl (C=O) groups is 5. The largest absolute Gasteiger partial charge is 0.463 e. The molecule has 1 heterocycles. The Morgan fingerprint density at radius 1 is 0.781 bits per heavy atom. The fourth-order valence-corrected chi connectivity index (χ4v) is 4.06. The van der Waals surface area contributed by atoms with Gasteiger partial charge in [0.25, 0.3) is 0 Å². The normalized spacial score (nSPS) is 24.7. The van der Waals surface area contributed by atoms with Crippen LogP contribution >= 0.6 is 11.8 Å². The molecule has 1 aliphatic rings. The zero-order valence-corrected chi connectivity index (χ0v) is 18.8. The molecule has 0 amide bonds. The van der Waals surface area contributed by atoms with Crippen LogP contribution in [0.2, 0.25) is 0 Å². The fraction of sp³-hybridized carbons (Fsp3) is 0.476. The van der Waals surface area contributed by atoms with Crippen molar-refractivity contribution in [3.05, 3.63) is 35.9 Å². The van der Waals surface area contributed by atoms with Crippen LogP contribution in [-0.2, 0) is 42.9 Å². The Labute approximate surface area is 188 Å². The molecule has 0 radical (unpaired) electrons. The van der Waals surface area contributed by atoms with Crippen LogP contribution in [0.15, 0.2) is 30.3 Å². The van der Waals surface area contributed by atoms with Crippen LogP contribution in [0.3, 0.4) is 0 Å². The first-order valence-corrected chi connectivity index (χ1v) is 10.5. The lowest BCUT2D eigenvalue weighted by Gasteiger charge is -2.43. The number of rotatable bonds is 7. The highest BCUT2D eigenvalue weighted by atomic mass is 32.2. The third-order valence-electron chi connectivity index (χ3n) is 4.18. The molecule has 1 saturated heterocycles. The molecule has 11 heteroatoms. The molecule has 1 aliphatic heterocycles. The highest BCUT2D eigenvalue weighted by Crippen LogP contribution is 2.35. The van der Waals surface area contributed by atoms with Gasteiger partial charge in [0.15, 0.2) is 23.7 Å². The summed E-state index contributed by atoms with van der Waals surface area (Å²) in [6.45, 7) is 4.23. The van der Waals surface area contributed by atoms with Crippen molar-refractivity contribution >= 4 is 40.8 Å². The molecule has 32 heavy (non-hydrogen) atoms. The van der Waals surface area contributed by atoms with Gasteiger partial charge >= 0.3 is 23.9 Å². The van der Waals surface area contributed by atoms with Crippen LogP contribution in [0.1, 0.15) is 38.1 Å². The highest BCUT2D eigenvalue weighted by molar-refractivity contribution is 8.14. The minimum absolute atomic E-state index is 0.353. The lowest BCUT2D eigenvalue weighted by atomic mass is 9.99. The van der Waals surface area contributed by atoms with Crippen molar-refractivity contribution in [3.63, 3.8) is 0 Å². The summed E-state index contributed by atoms with van der Waals surface area (Å²) >= 11 is 0.703. The maximum atomic E-state index is 12.8. The molecule has 0 spiro atoms. The molecule has 0 saturated carbocycles. The number of benzene rings is 1. The summed E-state index contributed by atoms with van der Waals surface area (Å²) in [5.74, 6) is -2.81. The molecule has 1 fully saturated rings. The second-order valence-electron chi connectivity index (χ2n) is 6.84. The van der Waals surface area contributed by atoms with E-state index in [1.807, 2.05) is 0 Å². The molecule has 5 atom stereocenters. The molecule has 0 unspecified atom stereocenters. The van der Waals surface area contributed by atoms with Crippen molar-refractivity contribution in [2.45, 2.75) is 57.5 Å². The third-order valence-corrected chi connectivity index (χ3v) is 5.24. The van der Waals surface area contributed by atoms with Gasteiger partial charge in [-0.2, -0.15) is 0 Å². The zero-order valence-electron chi connectivity index (χ0n) is 18.0. The van der Waals surface area contributed by atoms with Crippen LogP contribution in [0, 0.1) is 0 Å². The molecule has 1 aromatic carbocycles. The summed E-state index contributed by atoms with van der Waals surface area (Å²) in [4.78, 5) is 59.4. The summed E-state index contributed by atoms with van der Waals surface area (Å²) in [6.07, 6.45) is -4.95. The van der Waals surface area contributed by atoms with Crippen LogP contribution in [0.25, 0.3) is 0 Å². The second-order valence-corrected chi connectivity index (χ2v) is 7.91. The van der Waals surface area contributed by atoms with Crippen LogP contribution in [-0.4, -0.2) is 65.5 Å². The standard InChI is InChI=1S/C21H24O10S/c1-11(22)27-10-16-17(28-12(2)23)18(29-13(3)24)19(30-14(4)25)21(31-16)32-20(26)15-8-6-5-7-9-15/h5-9,16-19,21H,10H2,1-4H3/t16-,17-,18-,19-,21-/m0/s1. The third kappa shape index (κ3) is 7.34. The van der Waals surface area contributed by atoms with E-state index in [2.05, 4.69) is 0 Å². The van der Waals surface area contributed by atoms with Crippen LogP contribution in [0.5, 0.6) is 0 Å². The second kappa shape index (κ2) is 11.6. The van der Waals surface area contributed by atoms with Gasteiger partial charge in [-0.05, 0) is 11.8 Å². The van der Waals surface area contributed by atoms with E-state index >= 15 is 0 Å². The summed E-state index contributed by atoms with van der Waals surface area (Å²) in [7, 11) is 0. The van der Waals surface area contributed by atoms with E-state index in [9.17, 15) is 24.0 Å². The van der Waals surface area contributed by atoms with E-state index in [1.54, 1.807) is 30.3 Å². The van der Waals surface area contributed by atoms with Crippen LogP contribution in [0.4, 0.5) is 0 Å². The van der Waals surface area contributed by atoms with E-state index in [-0.39, 0.29) is 6.61 Å². The highest BCUT2D eigenvalue weighted by Gasteiger charge is 2.53. The number of esters is 4. The first kappa shape index (κ1) is 25.3. The lowest BCUT2D eigenvalue weighted by Crippen LogP contribution is -2.61. The monoisotopic (exact) mass is 468 g/mol. The fourth-order valence-electron chi connectivity index (χ4n) is 3.03. The quantitative estimate of drug-likeness (QED) is 0.427. The predicted molar refractivity (Wildman–Crippen MR) is 110 cm³/mol. The van der Waals surface area contributed by atoms with Crippen molar-refractivity contribution < 1.29 is 47.7 Å². The molecule has 0 aliphatic carbocycles. The van der Waals surface area contributed by atoms with E-state index < -0.39 is 58.8 Å². The van der Waals surface area contributed by atoms with Gasteiger partial charge in [0.1, 0.15) is 12.7 Å². The van der Waals surface area contributed by atoms with Gasteiger partial charge < -0.3 is 23.7 Å². The average Bonchev–Trinajstić information content (AvgIpc) is 2.70. The molecule has 2 rings (SSSR count). The first-order chi connectivity index (χ1) is 15.1. The molecular formula is C21H24O10S. The van der Waals surface area contributed by atoms with Crippen molar-refractivity contribution in [2.75, 3.05) is 6.61 Å². The Kier molecular flexibility index (Phi) is 9.21. The Balaban J connectivity index is 2.42. The molecule has 1 aromatic rings. The van der Waals surface area contributed by atoms with E-state index in [1.165, 1.54) is 6.92 Å². The average molecular weight is 468 g/mol. The topological polar surface area (TPSA) is 132 Å². The van der Waals surface area contributed by atoms with Gasteiger partial charge in [-0.3, -0.25) is 24.0 Å². The Morgan fingerprint density at radius 3 is 1.84 bits per heavy atom. The smallest absolute Gasteiger partial charge is 0.303 e. The van der Waals surface area contributed by atoms with Gasteiger partial charge in [-0.25, -0.2) is 0 Å². The minimum Gasteiger partial charge on any atom is -0.463 e. The number of ether oxygens (including phenoxy) is 5. The summed E-state index contributed by atoms with van der Waals surface area (Å²) < 4.78 is 26.8. The number of thioether (sulfide) groups is 1. The molecule has 10 nitrogen and oxygen atoms in total. The maximum absolute atomic E-state index is 12.8. The Hall–Kier alpha value is -2.92. The Morgan fingerprint density at radius 2 is 1.31 bits per heavy atom. The van der Waals surface area contributed by atoms with Gasteiger partial charge in [0.05, 0.1) is 0 Å². The minimum atomic E-state index is -1.31. The molecule has 0 aromatic heterocycles.